The maximum atomic E-state index is 12.0. The molecule has 1 aromatic heterocycles. The van der Waals surface area contributed by atoms with Gasteiger partial charge < -0.3 is 27.4 Å². The maximum absolute atomic E-state index is 12.0. The Bertz CT molecular complexity index is 2170. The van der Waals surface area contributed by atoms with Crippen LogP contribution in [0.25, 0.3) is 0 Å². The van der Waals surface area contributed by atoms with Gasteiger partial charge in [0.2, 0.25) is 0 Å². The summed E-state index contributed by atoms with van der Waals surface area (Å²) in [5.74, 6) is 0. The Morgan fingerprint density at radius 3 is 0.453 bits per heavy atom. The third kappa shape index (κ3) is 10.8. The lowest BCUT2D eigenvalue weighted by molar-refractivity contribution is 0.345. The monoisotopic (exact) mass is 908 g/mol. The van der Waals surface area contributed by atoms with Crippen molar-refractivity contribution in [1.82, 2.24) is 9.97 Å². The van der Waals surface area contributed by atoms with Crippen molar-refractivity contribution in [2.24, 2.45) is 0 Å². The molecule has 0 aliphatic carbocycles. The van der Waals surface area contributed by atoms with E-state index in [4.69, 9.17) is 8.23 Å². The molecule has 0 atom stereocenters. The van der Waals surface area contributed by atoms with Crippen LogP contribution in [0.2, 0.25) is 0 Å². The summed E-state index contributed by atoms with van der Waals surface area (Å²) in [6.07, 6.45) is 6.56. The molecule has 0 saturated carbocycles. The number of rotatable bonds is 12. The fourth-order valence-electron chi connectivity index (χ4n) is 7.13. The minimum atomic E-state index is -3.69. The largest absolute Gasteiger partial charge is 0.404 e. The summed E-state index contributed by atoms with van der Waals surface area (Å²) >= 11 is 0. The summed E-state index contributed by atoms with van der Waals surface area (Å²) in [6.45, 7) is 0. The molecule has 0 radical (unpaired) electrons. The van der Waals surface area contributed by atoms with Crippen LogP contribution in [-0.4, -0.2) is 63.4 Å². The fourth-order valence-corrected chi connectivity index (χ4v) is 20.8. The van der Waals surface area contributed by atoms with Gasteiger partial charge in [-0.3, -0.25) is 9.97 Å². The SMILES string of the molecule is O[Si](O[Si](O)(c1ccccc1)c1ccccc1)(c1ccccc1)c1ccccc1.O[Si](O[Si](O)(c1ccccc1)c1ccccc1)(c1ccccc1)c1ccccc1.c1cnccn1. The second-order valence-corrected chi connectivity index (χ2v) is 26.0. The highest BCUT2D eigenvalue weighted by Crippen LogP contribution is 2.15. The van der Waals surface area contributed by atoms with Gasteiger partial charge in [-0.15, -0.1) is 0 Å². The van der Waals surface area contributed by atoms with Crippen molar-refractivity contribution in [2.45, 2.75) is 0 Å². The first-order valence-corrected chi connectivity index (χ1v) is 28.1. The average molecular weight is 909 g/mol. The van der Waals surface area contributed by atoms with Gasteiger partial charge in [0, 0.05) is 24.8 Å². The van der Waals surface area contributed by atoms with Crippen LogP contribution >= 0.6 is 0 Å². The van der Waals surface area contributed by atoms with Crippen molar-refractivity contribution >= 4 is 75.7 Å². The lowest BCUT2D eigenvalue weighted by atomic mass is 10.4. The molecule has 0 aliphatic heterocycles. The first kappa shape index (κ1) is 45.5. The fraction of sp³-hybridized carbons (Fsp3) is 0. The van der Waals surface area contributed by atoms with Crippen LogP contribution in [0.5, 0.6) is 0 Å². The van der Waals surface area contributed by atoms with E-state index in [1.54, 1.807) is 24.8 Å². The van der Waals surface area contributed by atoms with E-state index < -0.39 is 34.2 Å². The van der Waals surface area contributed by atoms with E-state index in [-0.39, 0.29) is 0 Å². The number of benzene rings is 8. The van der Waals surface area contributed by atoms with E-state index in [9.17, 15) is 19.2 Å². The highest BCUT2D eigenvalue weighted by Gasteiger charge is 2.52. The summed E-state index contributed by atoms with van der Waals surface area (Å²) < 4.78 is 13.1. The lowest BCUT2D eigenvalue weighted by Gasteiger charge is -2.35. The number of hydrogen-bond acceptors (Lipinski definition) is 8. The Kier molecular flexibility index (Phi) is 15.4. The summed E-state index contributed by atoms with van der Waals surface area (Å²) in [7, 11) is -14.8. The molecule has 0 saturated heterocycles. The predicted molar refractivity (Wildman–Crippen MR) is 265 cm³/mol. The highest BCUT2D eigenvalue weighted by atomic mass is 28.5. The normalized spacial score (nSPS) is 11.6. The lowest BCUT2D eigenvalue weighted by Crippen LogP contribution is -2.73. The second-order valence-electron chi connectivity index (χ2n) is 14.6. The van der Waals surface area contributed by atoms with Gasteiger partial charge in [0.25, 0.3) is 0 Å². The first-order valence-electron chi connectivity index (χ1n) is 20.7. The Morgan fingerprint density at radius 1 is 0.219 bits per heavy atom. The zero-order chi connectivity index (χ0) is 44.6. The number of nitrogens with zero attached hydrogens (tertiary/aromatic N) is 2. The Morgan fingerprint density at radius 2 is 0.344 bits per heavy atom. The van der Waals surface area contributed by atoms with Crippen LogP contribution in [0.1, 0.15) is 0 Å². The molecule has 0 amide bonds. The molecule has 8 aromatic carbocycles. The topological polar surface area (TPSA) is 125 Å². The van der Waals surface area contributed by atoms with Gasteiger partial charge in [0.05, 0.1) is 0 Å². The highest BCUT2D eigenvalue weighted by molar-refractivity contribution is 7.04. The Balaban J connectivity index is 0.000000169. The second kappa shape index (κ2) is 21.7. The van der Waals surface area contributed by atoms with E-state index in [1.807, 2.05) is 243 Å². The predicted octanol–water partition coefficient (Wildman–Crippen LogP) is 3.48. The van der Waals surface area contributed by atoms with Gasteiger partial charge in [-0.05, 0) is 41.5 Å². The van der Waals surface area contributed by atoms with Gasteiger partial charge in [-0.1, -0.05) is 243 Å². The van der Waals surface area contributed by atoms with Gasteiger partial charge in [0.1, 0.15) is 0 Å². The summed E-state index contributed by atoms with van der Waals surface area (Å²) in [5.41, 5.74) is 0. The molecular formula is C52H48N2O6Si4. The van der Waals surface area contributed by atoms with Crippen LogP contribution in [0.15, 0.2) is 267 Å². The minimum absolute atomic E-state index is 0.698. The molecular weight excluding hydrogens is 861 g/mol. The van der Waals surface area contributed by atoms with E-state index >= 15 is 0 Å². The van der Waals surface area contributed by atoms with Crippen LogP contribution in [0.4, 0.5) is 0 Å². The van der Waals surface area contributed by atoms with Gasteiger partial charge in [-0.2, -0.15) is 0 Å². The molecule has 1 heterocycles. The molecule has 8 nitrogen and oxygen atoms in total. The van der Waals surface area contributed by atoms with E-state index in [0.717, 1.165) is 0 Å². The van der Waals surface area contributed by atoms with E-state index in [1.165, 1.54) is 0 Å². The standard InChI is InChI=1S/2C24H22O3Si2.C4H4N2/c2*25-28(21-13-5-1-6-14-21,22-15-7-2-8-16-22)27-29(26,23-17-9-3-10-18-23)24-19-11-4-12-20-24;1-2-6-4-3-5-1/h2*1-20,25-26H;1-4H. The van der Waals surface area contributed by atoms with Crippen molar-refractivity contribution in [3.8, 4) is 0 Å². The molecule has 318 valence electrons. The number of hydrogen-bond donors (Lipinski definition) is 4. The van der Waals surface area contributed by atoms with Crippen molar-refractivity contribution in [2.75, 3.05) is 0 Å². The van der Waals surface area contributed by atoms with Crippen molar-refractivity contribution < 1.29 is 27.4 Å². The molecule has 0 bridgehead atoms. The van der Waals surface area contributed by atoms with Crippen LogP contribution in [0, 0.1) is 0 Å². The Labute approximate surface area is 378 Å². The summed E-state index contributed by atoms with van der Waals surface area (Å²) in [6, 6.07) is 75.2. The first-order chi connectivity index (χ1) is 31.3. The molecule has 4 N–H and O–H groups in total. The van der Waals surface area contributed by atoms with E-state index in [2.05, 4.69) is 9.97 Å². The van der Waals surface area contributed by atoms with Crippen molar-refractivity contribution in [1.29, 1.82) is 0 Å². The zero-order valence-electron chi connectivity index (χ0n) is 34.9. The third-order valence-electron chi connectivity index (χ3n) is 10.4. The number of aromatic nitrogens is 2. The molecule has 9 rings (SSSR count). The average Bonchev–Trinajstić information content (AvgIpc) is 3.39. The van der Waals surface area contributed by atoms with Crippen LogP contribution in [0.3, 0.4) is 0 Å². The molecule has 64 heavy (non-hydrogen) atoms. The smallest absolute Gasteiger partial charge is 0.396 e. The molecule has 9 aromatic rings. The van der Waals surface area contributed by atoms with Gasteiger partial charge >= 0.3 is 34.2 Å². The molecule has 0 fully saturated rings. The van der Waals surface area contributed by atoms with Gasteiger partial charge in [-0.25, -0.2) is 0 Å². The van der Waals surface area contributed by atoms with Gasteiger partial charge in [0.15, 0.2) is 0 Å². The molecule has 0 unspecified atom stereocenters. The minimum Gasteiger partial charge on any atom is -0.404 e. The van der Waals surface area contributed by atoms with E-state index in [0.29, 0.717) is 41.5 Å². The zero-order valence-corrected chi connectivity index (χ0v) is 38.9. The van der Waals surface area contributed by atoms with Crippen molar-refractivity contribution in [3.63, 3.8) is 0 Å². The molecule has 0 spiro atoms. The quantitative estimate of drug-likeness (QED) is 0.138. The van der Waals surface area contributed by atoms with Crippen LogP contribution < -0.4 is 41.5 Å². The maximum Gasteiger partial charge on any atom is 0.396 e. The molecule has 12 heteroatoms. The molecule has 0 aliphatic rings. The van der Waals surface area contributed by atoms with Crippen LogP contribution in [-0.2, 0) is 8.23 Å². The van der Waals surface area contributed by atoms with Crippen molar-refractivity contribution in [3.05, 3.63) is 267 Å². The summed E-state index contributed by atoms with van der Waals surface area (Å²) in [4.78, 5) is 55.5. The summed E-state index contributed by atoms with van der Waals surface area (Å²) in [5, 5.41) is 5.59. The Hall–Kier alpha value is -6.53. The third-order valence-corrected chi connectivity index (χ3v) is 24.0.